The number of aromatic nitrogens is 4. The first-order valence-electron chi connectivity index (χ1n) is 9.00. The van der Waals surface area contributed by atoms with Crippen LogP contribution in [-0.4, -0.2) is 37.1 Å². The molecule has 2 aliphatic heterocycles. The summed E-state index contributed by atoms with van der Waals surface area (Å²) in [6.07, 6.45) is 8.91. The van der Waals surface area contributed by atoms with Crippen LogP contribution in [0.2, 0.25) is 0 Å². The van der Waals surface area contributed by atoms with Crippen LogP contribution in [0, 0.1) is 6.92 Å². The minimum Gasteiger partial charge on any atom is -0.361 e. The molecule has 4 rings (SSSR count). The Balaban J connectivity index is 1.48. The van der Waals surface area contributed by atoms with Gasteiger partial charge in [0.05, 0.1) is 17.9 Å². The first-order chi connectivity index (χ1) is 11.4. The Bertz CT molecular complexity index is 699. The lowest BCUT2D eigenvalue weighted by atomic mass is 9.93. The lowest BCUT2D eigenvalue weighted by Gasteiger charge is -2.38. The normalized spacial score (nSPS) is 27.8. The number of rotatable bonds is 3. The molecule has 2 unspecified atom stereocenters. The SMILES string of the molecule is Cc1oncc1CN1C2CCC1CC(n1cc(C(C)(C)C)nn1)C2. The quantitative estimate of drug-likeness (QED) is 0.865. The van der Waals surface area contributed by atoms with Crippen molar-refractivity contribution in [3.63, 3.8) is 0 Å². The van der Waals surface area contributed by atoms with E-state index in [0.717, 1.165) is 30.8 Å². The van der Waals surface area contributed by atoms with E-state index in [-0.39, 0.29) is 5.41 Å². The molecule has 6 nitrogen and oxygen atoms in total. The van der Waals surface area contributed by atoms with Crippen molar-refractivity contribution in [3.05, 3.63) is 29.4 Å². The molecule has 0 aliphatic carbocycles. The number of hydrogen-bond acceptors (Lipinski definition) is 5. The zero-order chi connectivity index (χ0) is 16.9. The monoisotopic (exact) mass is 329 g/mol. The average molecular weight is 329 g/mol. The molecule has 0 spiro atoms. The second kappa shape index (κ2) is 5.69. The van der Waals surface area contributed by atoms with Crippen molar-refractivity contribution in [3.8, 4) is 0 Å². The molecule has 130 valence electrons. The zero-order valence-corrected chi connectivity index (χ0v) is 15.1. The number of piperidine rings is 1. The van der Waals surface area contributed by atoms with E-state index in [0.29, 0.717) is 18.1 Å². The molecule has 2 fully saturated rings. The van der Waals surface area contributed by atoms with Gasteiger partial charge in [-0.05, 0) is 32.6 Å². The van der Waals surface area contributed by atoms with Crippen molar-refractivity contribution >= 4 is 0 Å². The summed E-state index contributed by atoms with van der Waals surface area (Å²) in [4.78, 5) is 2.65. The molecular weight excluding hydrogens is 302 g/mol. The lowest BCUT2D eigenvalue weighted by Crippen LogP contribution is -2.43. The van der Waals surface area contributed by atoms with E-state index in [1.807, 2.05) is 13.1 Å². The van der Waals surface area contributed by atoms with Gasteiger partial charge in [-0.25, -0.2) is 4.68 Å². The summed E-state index contributed by atoms with van der Waals surface area (Å²) in [6, 6.07) is 1.74. The molecule has 2 aliphatic rings. The highest BCUT2D eigenvalue weighted by Crippen LogP contribution is 2.41. The van der Waals surface area contributed by atoms with E-state index in [9.17, 15) is 0 Å². The van der Waals surface area contributed by atoms with Gasteiger partial charge >= 0.3 is 0 Å². The zero-order valence-electron chi connectivity index (χ0n) is 15.1. The van der Waals surface area contributed by atoms with Crippen molar-refractivity contribution in [2.24, 2.45) is 0 Å². The molecule has 0 amide bonds. The highest BCUT2D eigenvalue weighted by Gasteiger charge is 2.42. The van der Waals surface area contributed by atoms with Crippen molar-refractivity contribution in [2.75, 3.05) is 0 Å². The second-order valence-electron chi connectivity index (χ2n) is 8.42. The average Bonchev–Trinajstić information content (AvgIpc) is 3.20. The number of hydrogen-bond donors (Lipinski definition) is 0. The topological polar surface area (TPSA) is 60.0 Å². The predicted octanol–water partition coefficient (Wildman–Crippen LogP) is 3.24. The molecule has 2 aromatic rings. The van der Waals surface area contributed by atoms with Gasteiger partial charge in [-0.3, -0.25) is 4.90 Å². The Morgan fingerprint density at radius 3 is 2.42 bits per heavy atom. The number of nitrogens with zero attached hydrogens (tertiary/aromatic N) is 5. The van der Waals surface area contributed by atoms with Crippen LogP contribution < -0.4 is 0 Å². The van der Waals surface area contributed by atoms with Gasteiger partial charge in [-0.15, -0.1) is 5.10 Å². The fraction of sp³-hybridized carbons (Fsp3) is 0.722. The summed E-state index contributed by atoms with van der Waals surface area (Å²) in [5.41, 5.74) is 2.36. The van der Waals surface area contributed by atoms with Crippen LogP contribution in [0.1, 0.15) is 69.5 Å². The van der Waals surface area contributed by atoms with Gasteiger partial charge in [0.25, 0.3) is 0 Å². The third-order valence-electron chi connectivity index (χ3n) is 5.72. The standard InChI is InChI=1S/C18H27N5O/c1-12-13(9-19-24-12)10-22-14-5-6-15(22)8-16(7-14)23-11-17(20-21-23)18(2,3)4/h9,11,14-16H,5-8,10H2,1-4H3. The van der Waals surface area contributed by atoms with Crippen molar-refractivity contribution in [1.29, 1.82) is 0 Å². The maximum absolute atomic E-state index is 5.22. The van der Waals surface area contributed by atoms with Crippen LogP contribution in [0.5, 0.6) is 0 Å². The number of aryl methyl sites for hydroxylation is 1. The third-order valence-corrected chi connectivity index (χ3v) is 5.72. The van der Waals surface area contributed by atoms with E-state index in [1.54, 1.807) is 0 Å². The van der Waals surface area contributed by atoms with Gasteiger partial charge in [-0.2, -0.15) is 0 Å². The van der Waals surface area contributed by atoms with Crippen LogP contribution in [0.25, 0.3) is 0 Å². The van der Waals surface area contributed by atoms with Crippen LogP contribution in [-0.2, 0) is 12.0 Å². The van der Waals surface area contributed by atoms with Crippen LogP contribution in [0.4, 0.5) is 0 Å². The predicted molar refractivity (Wildman–Crippen MR) is 90.6 cm³/mol. The molecule has 24 heavy (non-hydrogen) atoms. The third kappa shape index (κ3) is 2.77. The molecule has 0 saturated carbocycles. The Morgan fingerprint density at radius 2 is 1.88 bits per heavy atom. The van der Waals surface area contributed by atoms with E-state index in [1.165, 1.54) is 18.4 Å². The Labute approximate surface area is 143 Å². The maximum atomic E-state index is 5.22. The van der Waals surface area contributed by atoms with E-state index in [2.05, 4.69) is 52.0 Å². The molecule has 0 N–H and O–H groups in total. The lowest BCUT2D eigenvalue weighted by molar-refractivity contribution is 0.0940. The molecule has 2 saturated heterocycles. The first-order valence-corrected chi connectivity index (χ1v) is 9.00. The summed E-state index contributed by atoms with van der Waals surface area (Å²) < 4.78 is 7.34. The summed E-state index contributed by atoms with van der Waals surface area (Å²) in [6.45, 7) is 9.53. The largest absolute Gasteiger partial charge is 0.361 e. The summed E-state index contributed by atoms with van der Waals surface area (Å²) in [5, 5.41) is 12.8. The first kappa shape index (κ1) is 15.8. The van der Waals surface area contributed by atoms with Crippen molar-refractivity contribution in [2.45, 2.75) is 83.5 Å². The Morgan fingerprint density at radius 1 is 1.17 bits per heavy atom. The molecular formula is C18H27N5O. The van der Waals surface area contributed by atoms with Gasteiger partial charge in [0.15, 0.2) is 0 Å². The molecule has 4 heterocycles. The highest BCUT2D eigenvalue weighted by molar-refractivity contribution is 5.13. The van der Waals surface area contributed by atoms with Crippen LogP contribution >= 0.6 is 0 Å². The minimum absolute atomic E-state index is 0.0593. The molecule has 6 heteroatoms. The molecule has 2 atom stereocenters. The minimum atomic E-state index is 0.0593. The Hall–Kier alpha value is -1.69. The smallest absolute Gasteiger partial charge is 0.138 e. The van der Waals surface area contributed by atoms with Crippen LogP contribution in [0.15, 0.2) is 16.9 Å². The van der Waals surface area contributed by atoms with Gasteiger partial charge in [0.2, 0.25) is 0 Å². The van der Waals surface area contributed by atoms with Gasteiger partial charge in [0, 0.05) is 35.8 Å². The van der Waals surface area contributed by atoms with E-state index >= 15 is 0 Å². The fourth-order valence-electron chi connectivity index (χ4n) is 4.19. The molecule has 2 bridgehead atoms. The van der Waals surface area contributed by atoms with E-state index < -0.39 is 0 Å². The fourth-order valence-corrected chi connectivity index (χ4v) is 4.19. The van der Waals surface area contributed by atoms with Gasteiger partial charge in [0.1, 0.15) is 5.76 Å². The molecule has 2 aromatic heterocycles. The molecule has 0 radical (unpaired) electrons. The van der Waals surface area contributed by atoms with Crippen LogP contribution in [0.3, 0.4) is 0 Å². The maximum Gasteiger partial charge on any atom is 0.138 e. The summed E-state index contributed by atoms with van der Waals surface area (Å²) >= 11 is 0. The Kier molecular flexibility index (Phi) is 3.75. The van der Waals surface area contributed by atoms with Gasteiger partial charge < -0.3 is 4.52 Å². The number of fused-ring (bicyclic) bond motifs is 2. The summed E-state index contributed by atoms with van der Waals surface area (Å²) in [7, 11) is 0. The second-order valence-corrected chi connectivity index (χ2v) is 8.42. The highest BCUT2D eigenvalue weighted by atomic mass is 16.5. The van der Waals surface area contributed by atoms with Gasteiger partial charge in [-0.1, -0.05) is 31.1 Å². The van der Waals surface area contributed by atoms with E-state index in [4.69, 9.17) is 4.52 Å². The van der Waals surface area contributed by atoms with Crippen molar-refractivity contribution in [1.82, 2.24) is 25.1 Å². The van der Waals surface area contributed by atoms with Crippen molar-refractivity contribution < 1.29 is 4.52 Å². The summed E-state index contributed by atoms with van der Waals surface area (Å²) in [5.74, 6) is 0.947. The molecule has 0 aromatic carbocycles.